The topological polar surface area (TPSA) is 61.0 Å². The van der Waals surface area contributed by atoms with Crippen LogP contribution in [-0.4, -0.2) is 19.5 Å². The summed E-state index contributed by atoms with van der Waals surface area (Å²) in [6.07, 6.45) is 0.606. The third-order valence-corrected chi connectivity index (χ3v) is 4.69. The first-order valence-electron chi connectivity index (χ1n) is 6.03. The van der Waals surface area contributed by atoms with E-state index in [9.17, 15) is 10.1 Å². The fourth-order valence-corrected chi connectivity index (χ4v) is 2.10. The number of rotatable bonds is 4. The molecule has 0 aliphatic rings. The van der Waals surface area contributed by atoms with E-state index in [0.717, 1.165) is 0 Å². The number of halogens is 1. The highest BCUT2D eigenvalue weighted by molar-refractivity contribution is 9.09. The maximum Gasteiger partial charge on any atom is 0.313 e. The summed E-state index contributed by atoms with van der Waals surface area (Å²) < 4.78 is 1.73. The van der Waals surface area contributed by atoms with Gasteiger partial charge in [-0.15, -0.1) is 0 Å². The molecule has 1 atom stereocenters. The van der Waals surface area contributed by atoms with Crippen molar-refractivity contribution < 1.29 is 4.92 Å². The Bertz CT molecular complexity index is 449. The summed E-state index contributed by atoms with van der Waals surface area (Å²) in [5, 5.41) is 15.4. The van der Waals surface area contributed by atoms with E-state index >= 15 is 0 Å². The van der Waals surface area contributed by atoms with Crippen molar-refractivity contribution in [3.8, 4) is 0 Å². The van der Waals surface area contributed by atoms with Gasteiger partial charge in [0, 0.05) is 17.8 Å². The van der Waals surface area contributed by atoms with Crippen molar-refractivity contribution in [3.05, 3.63) is 21.5 Å². The SMILES string of the molecule is CCn1nc(C)c([N+](=O)[O-])c1CC(Br)C(C)(C)C. The number of hydrogen-bond acceptors (Lipinski definition) is 3. The molecule has 0 aromatic carbocycles. The molecular formula is C12H20BrN3O2. The minimum atomic E-state index is -0.327. The normalized spacial score (nSPS) is 13.7. The molecule has 0 spiro atoms. The molecule has 1 aromatic rings. The molecule has 0 aliphatic heterocycles. The number of nitrogens with zero attached hydrogens (tertiary/aromatic N) is 3. The van der Waals surface area contributed by atoms with Crippen molar-refractivity contribution in [2.45, 2.75) is 52.4 Å². The summed E-state index contributed by atoms with van der Waals surface area (Å²) in [6.45, 7) is 10.6. The van der Waals surface area contributed by atoms with Crippen LogP contribution in [0.2, 0.25) is 0 Å². The van der Waals surface area contributed by atoms with Gasteiger partial charge in [0.15, 0.2) is 0 Å². The molecular weight excluding hydrogens is 298 g/mol. The van der Waals surface area contributed by atoms with Crippen LogP contribution >= 0.6 is 15.9 Å². The zero-order valence-corrected chi connectivity index (χ0v) is 13.1. The Kier molecular flexibility index (Phi) is 4.53. The highest BCUT2D eigenvalue weighted by Crippen LogP contribution is 2.32. The second-order valence-corrected chi connectivity index (χ2v) is 6.60. The quantitative estimate of drug-likeness (QED) is 0.485. The molecule has 1 heterocycles. The first-order chi connectivity index (χ1) is 8.18. The summed E-state index contributed by atoms with van der Waals surface area (Å²) in [7, 11) is 0. The molecule has 0 saturated heterocycles. The summed E-state index contributed by atoms with van der Waals surface area (Å²) in [6, 6.07) is 0. The van der Waals surface area contributed by atoms with Gasteiger partial charge in [0.05, 0.1) is 4.92 Å². The van der Waals surface area contributed by atoms with Crippen LogP contribution in [0.5, 0.6) is 0 Å². The van der Waals surface area contributed by atoms with Crippen LogP contribution < -0.4 is 0 Å². The second kappa shape index (κ2) is 5.38. The summed E-state index contributed by atoms with van der Waals surface area (Å²) in [4.78, 5) is 11.0. The van der Waals surface area contributed by atoms with Crippen LogP contribution in [-0.2, 0) is 13.0 Å². The Labute approximate surface area is 116 Å². The predicted octanol–water partition coefficient (Wildman–Crippen LogP) is 3.47. The van der Waals surface area contributed by atoms with E-state index in [0.29, 0.717) is 24.4 Å². The van der Waals surface area contributed by atoms with Crippen molar-refractivity contribution in [1.29, 1.82) is 0 Å². The van der Waals surface area contributed by atoms with Crippen LogP contribution in [0.1, 0.15) is 39.1 Å². The fourth-order valence-electron chi connectivity index (χ4n) is 1.80. The molecule has 6 heteroatoms. The molecule has 0 amide bonds. The lowest BCUT2D eigenvalue weighted by Gasteiger charge is -2.25. The van der Waals surface area contributed by atoms with Crippen molar-refractivity contribution >= 4 is 21.6 Å². The highest BCUT2D eigenvalue weighted by atomic mass is 79.9. The van der Waals surface area contributed by atoms with Gasteiger partial charge < -0.3 is 0 Å². The first-order valence-corrected chi connectivity index (χ1v) is 6.94. The second-order valence-electron chi connectivity index (χ2n) is 5.49. The zero-order valence-electron chi connectivity index (χ0n) is 11.5. The highest BCUT2D eigenvalue weighted by Gasteiger charge is 2.30. The van der Waals surface area contributed by atoms with E-state index in [-0.39, 0.29) is 20.9 Å². The minimum absolute atomic E-state index is 0.0462. The molecule has 1 aromatic heterocycles. The van der Waals surface area contributed by atoms with Gasteiger partial charge in [0.2, 0.25) is 0 Å². The average Bonchev–Trinajstić information content (AvgIpc) is 2.53. The third kappa shape index (κ3) is 3.10. The summed E-state index contributed by atoms with van der Waals surface area (Å²) >= 11 is 3.63. The Balaban J connectivity index is 3.18. The monoisotopic (exact) mass is 317 g/mol. The molecule has 0 radical (unpaired) electrons. The Morgan fingerprint density at radius 1 is 1.50 bits per heavy atom. The Morgan fingerprint density at radius 2 is 2.06 bits per heavy atom. The molecule has 5 nitrogen and oxygen atoms in total. The van der Waals surface area contributed by atoms with Gasteiger partial charge in [-0.25, -0.2) is 0 Å². The van der Waals surface area contributed by atoms with Gasteiger partial charge in [0.1, 0.15) is 11.4 Å². The van der Waals surface area contributed by atoms with E-state index in [1.807, 2.05) is 6.92 Å². The molecule has 0 N–H and O–H groups in total. The Hall–Kier alpha value is -0.910. The van der Waals surface area contributed by atoms with Gasteiger partial charge in [-0.2, -0.15) is 5.10 Å². The molecule has 1 rings (SSSR count). The average molecular weight is 318 g/mol. The van der Waals surface area contributed by atoms with E-state index < -0.39 is 0 Å². The lowest BCUT2D eigenvalue weighted by molar-refractivity contribution is -0.386. The number of nitro groups is 1. The van der Waals surface area contributed by atoms with Crippen LogP contribution in [0.15, 0.2) is 0 Å². The molecule has 102 valence electrons. The molecule has 0 saturated carbocycles. The van der Waals surface area contributed by atoms with E-state index in [1.165, 1.54) is 0 Å². The van der Waals surface area contributed by atoms with E-state index in [2.05, 4.69) is 41.8 Å². The maximum atomic E-state index is 11.1. The minimum Gasteiger partial charge on any atom is -0.262 e. The van der Waals surface area contributed by atoms with Crippen LogP contribution in [0, 0.1) is 22.5 Å². The van der Waals surface area contributed by atoms with Crippen LogP contribution in [0.25, 0.3) is 0 Å². The lowest BCUT2D eigenvalue weighted by Crippen LogP contribution is -2.24. The van der Waals surface area contributed by atoms with E-state index in [4.69, 9.17) is 0 Å². The van der Waals surface area contributed by atoms with Gasteiger partial charge in [-0.3, -0.25) is 14.8 Å². The van der Waals surface area contributed by atoms with Crippen molar-refractivity contribution in [2.24, 2.45) is 5.41 Å². The van der Waals surface area contributed by atoms with E-state index in [1.54, 1.807) is 11.6 Å². The standard InChI is InChI=1S/C12H20BrN3O2/c1-6-15-9(7-10(13)12(3,4)5)11(16(17)18)8(2)14-15/h10H,6-7H2,1-5H3. The fraction of sp³-hybridized carbons (Fsp3) is 0.750. The number of hydrogen-bond donors (Lipinski definition) is 0. The number of aromatic nitrogens is 2. The molecule has 0 fully saturated rings. The van der Waals surface area contributed by atoms with Gasteiger partial charge in [-0.1, -0.05) is 36.7 Å². The smallest absolute Gasteiger partial charge is 0.262 e. The van der Waals surface area contributed by atoms with Crippen molar-refractivity contribution in [1.82, 2.24) is 9.78 Å². The van der Waals surface area contributed by atoms with Gasteiger partial charge in [-0.05, 0) is 19.3 Å². The molecule has 0 aliphatic carbocycles. The maximum absolute atomic E-state index is 11.1. The molecule has 0 bridgehead atoms. The largest absolute Gasteiger partial charge is 0.313 e. The first kappa shape index (κ1) is 15.1. The number of alkyl halides is 1. The van der Waals surface area contributed by atoms with Gasteiger partial charge in [0.25, 0.3) is 0 Å². The van der Waals surface area contributed by atoms with Crippen molar-refractivity contribution in [3.63, 3.8) is 0 Å². The predicted molar refractivity (Wildman–Crippen MR) is 75.2 cm³/mol. The summed E-state index contributed by atoms with van der Waals surface area (Å²) in [5.41, 5.74) is 1.40. The zero-order chi connectivity index (χ0) is 14.1. The molecule has 1 unspecified atom stereocenters. The van der Waals surface area contributed by atoms with Crippen LogP contribution in [0.3, 0.4) is 0 Å². The number of aryl methyl sites for hydroxylation is 2. The van der Waals surface area contributed by atoms with Crippen molar-refractivity contribution in [2.75, 3.05) is 0 Å². The lowest BCUT2D eigenvalue weighted by atomic mass is 9.89. The summed E-state index contributed by atoms with van der Waals surface area (Å²) in [5.74, 6) is 0. The Morgan fingerprint density at radius 3 is 2.44 bits per heavy atom. The van der Waals surface area contributed by atoms with Crippen LogP contribution in [0.4, 0.5) is 5.69 Å². The third-order valence-electron chi connectivity index (χ3n) is 2.99. The van der Waals surface area contributed by atoms with Gasteiger partial charge >= 0.3 is 5.69 Å². The molecule has 18 heavy (non-hydrogen) atoms.